The van der Waals surface area contributed by atoms with E-state index in [1.807, 2.05) is 0 Å². The zero-order valence-corrected chi connectivity index (χ0v) is 11.8. The number of rotatable bonds is 3. The molecule has 2 aromatic rings. The molecular weight excluding hydrogens is 301 g/mol. The molecule has 0 aliphatic rings. The quantitative estimate of drug-likeness (QED) is 0.839. The highest BCUT2D eigenvalue weighted by atomic mass is 32.2. The fraction of sp³-hybridized carbons (Fsp3) is 0.0833. The molecule has 0 atom stereocenters. The standard InChI is InChI=1S/C12H10FN3O2S2/c13-10-5-1-2-6-11(10)20(17,18)16-12-15-8-9(19-12)4-3-7-14/h1-2,5-6,8H,7,14H2,(H,15,16). The Kier molecular flexibility index (Phi) is 4.34. The molecule has 1 aromatic heterocycles. The van der Waals surface area contributed by atoms with Gasteiger partial charge in [-0.25, -0.2) is 17.8 Å². The van der Waals surface area contributed by atoms with Crippen LogP contribution in [0, 0.1) is 17.7 Å². The SMILES string of the molecule is NCC#Cc1cnc(NS(=O)(=O)c2ccccc2F)s1. The predicted molar refractivity (Wildman–Crippen MR) is 75.3 cm³/mol. The predicted octanol–water partition coefficient (Wildman–Crippen LogP) is 1.39. The molecule has 0 saturated carbocycles. The molecule has 20 heavy (non-hydrogen) atoms. The van der Waals surface area contributed by atoms with Gasteiger partial charge in [0.25, 0.3) is 10.0 Å². The first-order chi connectivity index (χ1) is 9.53. The molecule has 0 saturated heterocycles. The maximum Gasteiger partial charge on any atom is 0.266 e. The van der Waals surface area contributed by atoms with Crippen LogP contribution in [0.5, 0.6) is 0 Å². The van der Waals surface area contributed by atoms with E-state index in [2.05, 4.69) is 21.5 Å². The highest BCUT2D eigenvalue weighted by Crippen LogP contribution is 2.22. The number of benzene rings is 1. The minimum atomic E-state index is -4.00. The molecule has 0 aliphatic carbocycles. The molecule has 0 amide bonds. The summed E-state index contributed by atoms with van der Waals surface area (Å²) in [6.45, 7) is 0.203. The summed E-state index contributed by atoms with van der Waals surface area (Å²) in [5.41, 5.74) is 5.24. The Hall–Kier alpha value is -1.95. The summed E-state index contributed by atoms with van der Waals surface area (Å²) < 4.78 is 39.7. The molecule has 2 rings (SSSR count). The molecule has 0 fully saturated rings. The summed E-state index contributed by atoms with van der Waals surface area (Å²) in [7, 11) is -4.00. The summed E-state index contributed by atoms with van der Waals surface area (Å²) in [6.07, 6.45) is 1.42. The van der Waals surface area contributed by atoms with Gasteiger partial charge < -0.3 is 5.73 Å². The van der Waals surface area contributed by atoms with Crippen molar-refractivity contribution in [3.63, 3.8) is 0 Å². The van der Waals surface area contributed by atoms with Crippen molar-refractivity contribution in [1.29, 1.82) is 0 Å². The second-order valence-electron chi connectivity index (χ2n) is 3.57. The van der Waals surface area contributed by atoms with Crippen molar-refractivity contribution in [2.24, 2.45) is 5.73 Å². The van der Waals surface area contributed by atoms with Gasteiger partial charge in [-0.2, -0.15) is 0 Å². The summed E-state index contributed by atoms with van der Waals surface area (Å²) in [4.78, 5) is 4.02. The van der Waals surface area contributed by atoms with Crippen LogP contribution in [0.15, 0.2) is 35.4 Å². The van der Waals surface area contributed by atoms with Gasteiger partial charge in [-0.15, -0.1) is 0 Å². The lowest BCUT2D eigenvalue weighted by atomic mass is 10.4. The van der Waals surface area contributed by atoms with E-state index >= 15 is 0 Å². The third-order valence-corrected chi connectivity index (χ3v) is 4.50. The van der Waals surface area contributed by atoms with Crippen LogP contribution in [-0.4, -0.2) is 19.9 Å². The molecular formula is C12H10FN3O2S2. The van der Waals surface area contributed by atoms with E-state index in [9.17, 15) is 12.8 Å². The van der Waals surface area contributed by atoms with Crippen LogP contribution in [0.2, 0.25) is 0 Å². The van der Waals surface area contributed by atoms with Gasteiger partial charge in [0.15, 0.2) is 5.13 Å². The Morgan fingerprint density at radius 2 is 2.15 bits per heavy atom. The van der Waals surface area contributed by atoms with Crippen molar-refractivity contribution in [3.05, 3.63) is 41.2 Å². The number of hydrogen-bond acceptors (Lipinski definition) is 5. The summed E-state index contributed by atoms with van der Waals surface area (Å²) in [6, 6.07) is 5.12. The van der Waals surface area contributed by atoms with Crippen LogP contribution in [0.1, 0.15) is 4.88 Å². The van der Waals surface area contributed by atoms with Crippen LogP contribution >= 0.6 is 11.3 Å². The zero-order valence-electron chi connectivity index (χ0n) is 10.1. The second-order valence-corrected chi connectivity index (χ2v) is 6.25. The molecule has 3 N–H and O–H groups in total. The summed E-state index contributed by atoms with van der Waals surface area (Å²) >= 11 is 1.05. The van der Waals surface area contributed by atoms with Crippen molar-refractivity contribution >= 4 is 26.5 Å². The molecule has 0 spiro atoms. The van der Waals surface area contributed by atoms with Gasteiger partial charge in [0.2, 0.25) is 0 Å². The first-order valence-corrected chi connectivity index (χ1v) is 7.75. The van der Waals surface area contributed by atoms with Crippen LogP contribution in [0.3, 0.4) is 0 Å². The molecule has 8 heteroatoms. The Morgan fingerprint density at radius 3 is 2.85 bits per heavy atom. The van der Waals surface area contributed by atoms with Gasteiger partial charge >= 0.3 is 0 Å². The van der Waals surface area contributed by atoms with E-state index in [1.165, 1.54) is 24.4 Å². The first kappa shape index (κ1) is 14.5. The lowest BCUT2D eigenvalue weighted by molar-refractivity contribution is 0.570. The lowest BCUT2D eigenvalue weighted by Crippen LogP contribution is -2.14. The van der Waals surface area contributed by atoms with Gasteiger partial charge in [-0.05, 0) is 12.1 Å². The lowest BCUT2D eigenvalue weighted by Gasteiger charge is -2.05. The maximum absolute atomic E-state index is 13.5. The third-order valence-electron chi connectivity index (χ3n) is 2.17. The number of anilines is 1. The number of aromatic nitrogens is 1. The molecule has 5 nitrogen and oxygen atoms in total. The minimum Gasteiger partial charge on any atom is -0.320 e. The Labute approximate surface area is 119 Å². The van der Waals surface area contributed by atoms with Crippen LogP contribution in [0.25, 0.3) is 0 Å². The molecule has 0 aliphatic heterocycles. The fourth-order valence-electron chi connectivity index (χ4n) is 1.35. The molecule has 0 radical (unpaired) electrons. The van der Waals surface area contributed by atoms with Crippen LogP contribution < -0.4 is 10.5 Å². The summed E-state index contributed by atoms with van der Waals surface area (Å²) in [5.74, 6) is 4.55. The van der Waals surface area contributed by atoms with Crippen LogP contribution in [-0.2, 0) is 10.0 Å². The number of nitrogens with zero attached hydrogens (tertiary/aromatic N) is 1. The van der Waals surface area contributed by atoms with Crippen molar-refractivity contribution in [3.8, 4) is 11.8 Å². The normalized spacial score (nSPS) is 10.7. The van der Waals surface area contributed by atoms with E-state index in [4.69, 9.17) is 5.73 Å². The number of nitrogens with one attached hydrogen (secondary N) is 1. The van der Waals surface area contributed by atoms with E-state index in [0.29, 0.717) is 4.88 Å². The van der Waals surface area contributed by atoms with E-state index in [-0.39, 0.29) is 11.7 Å². The van der Waals surface area contributed by atoms with Crippen molar-refractivity contribution in [1.82, 2.24) is 4.98 Å². The molecule has 1 heterocycles. The van der Waals surface area contributed by atoms with Gasteiger partial charge in [0.05, 0.1) is 17.6 Å². The van der Waals surface area contributed by atoms with Gasteiger partial charge in [-0.1, -0.05) is 35.3 Å². The highest BCUT2D eigenvalue weighted by molar-refractivity contribution is 7.93. The van der Waals surface area contributed by atoms with E-state index in [0.717, 1.165) is 17.4 Å². The first-order valence-electron chi connectivity index (χ1n) is 5.45. The van der Waals surface area contributed by atoms with E-state index in [1.54, 1.807) is 0 Å². The third kappa shape index (κ3) is 3.33. The largest absolute Gasteiger partial charge is 0.320 e. The topological polar surface area (TPSA) is 85.1 Å². The zero-order chi connectivity index (χ0) is 14.6. The molecule has 1 aromatic carbocycles. The van der Waals surface area contributed by atoms with Crippen molar-refractivity contribution in [2.75, 3.05) is 11.3 Å². The minimum absolute atomic E-state index is 0.120. The van der Waals surface area contributed by atoms with Crippen molar-refractivity contribution in [2.45, 2.75) is 4.90 Å². The van der Waals surface area contributed by atoms with Gasteiger partial charge in [-0.3, -0.25) is 4.72 Å². The van der Waals surface area contributed by atoms with Crippen molar-refractivity contribution < 1.29 is 12.8 Å². The fourth-order valence-corrected chi connectivity index (χ4v) is 3.36. The summed E-state index contributed by atoms with van der Waals surface area (Å²) in [5, 5.41) is 0.120. The van der Waals surface area contributed by atoms with Gasteiger partial charge in [0.1, 0.15) is 10.7 Å². The average Bonchev–Trinajstić information content (AvgIpc) is 2.83. The Morgan fingerprint density at radius 1 is 1.40 bits per heavy atom. The average molecular weight is 311 g/mol. The van der Waals surface area contributed by atoms with E-state index < -0.39 is 20.7 Å². The maximum atomic E-state index is 13.5. The number of nitrogens with two attached hydrogens (primary N) is 1. The smallest absolute Gasteiger partial charge is 0.266 e. The van der Waals surface area contributed by atoms with Gasteiger partial charge in [0, 0.05) is 0 Å². The molecule has 104 valence electrons. The van der Waals surface area contributed by atoms with Crippen LogP contribution in [0.4, 0.5) is 9.52 Å². The second kappa shape index (κ2) is 6.00. The Balaban J connectivity index is 2.25. The number of halogens is 1. The molecule has 0 unspecified atom stereocenters. The monoisotopic (exact) mass is 311 g/mol. The number of hydrogen-bond donors (Lipinski definition) is 2. The highest BCUT2D eigenvalue weighted by Gasteiger charge is 2.19. The number of sulfonamides is 1. The Bertz CT molecular complexity index is 775. The molecule has 0 bridgehead atoms. The number of thiazole rings is 1.